The van der Waals surface area contributed by atoms with Gasteiger partial charge in [0.05, 0.1) is 19.8 Å². The second kappa shape index (κ2) is 6.69. The smallest absolute Gasteiger partial charge is 0.176 e. The van der Waals surface area contributed by atoms with Crippen molar-refractivity contribution in [2.24, 2.45) is 0 Å². The Morgan fingerprint density at radius 3 is 2.86 bits per heavy atom. The molecule has 114 valence electrons. The summed E-state index contributed by atoms with van der Waals surface area (Å²) in [5, 5.41) is 0. The van der Waals surface area contributed by atoms with E-state index in [1.54, 1.807) is 0 Å². The van der Waals surface area contributed by atoms with Crippen LogP contribution in [0, 0.1) is 6.92 Å². The number of likely N-dealkylation sites (tertiary alicyclic amines) is 1. The summed E-state index contributed by atoms with van der Waals surface area (Å²) in [5.74, 6) is 0.237. The molecule has 1 aromatic rings. The van der Waals surface area contributed by atoms with Gasteiger partial charge >= 0.3 is 0 Å². The van der Waals surface area contributed by atoms with Crippen LogP contribution in [0.1, 0.15) is 22.3 Å². The van der Waals surface area contributed by atoms with Crippen LogP contribution < -0.4 is 0 Å². The van der Waals surface area contributed by atoms with E-state index in [1.807, 2.05) is 31.2 Å². The molecule has 1 aromatic carbocycles. The van der Waals surface area contributed by atoms with Crippen LogP contribution in [0.25, 0.3) is 0 Å². The lowest BCUT2D eigenvalue weighted by molar-refractivity contribution is 0.0185. The Morgan fingerprint density at radius 1 is 1.29 bits per heavy atom. The number of ether oxygens (including phenoxy) is 1. The van der Waals surface area contributed by atoms with Gasteiger partial charge in [0.1, 0.15) is 0 Å². The Balaban J connectivity index is 1.53. The van der Waals surface area contributed by atoms with Crippen molar-refractivity contribution in [2.75, 3.05) is 45.9 Å². The molecule has 2 fully saturated rings. The van der Waals surface area contributed by atoms with Gasteiger partial charge in [-0.05, 0) is 19.4 Å². The number of hydrogen-bond acceptors (Lipinski definition) is 4. The van der Waals surface area contributed by atoms with Gasteiger partial charge in [0.25, 0.3) is 0 Å². The zero-order valence-corrected chi connectivity index (χ0v) is 12.8. The first-order valence-corrected chi connectivity index (χ1v) is 7.86. The van der Waals surface area contributed by atoms with Crippen molar-refractivity contribution >= 4 is 5.78 Å². The summed E-state index contributed by atoms with van der Waals surface area (Å²) in [4.78, 5) is 17.2. The maximum Gasteiger partial charge on any atom is 0.176 e. The van der Waals surface area contributed by atoms with Gasteiger partial charge in [-0.3, -0.25) is 14.6 Å². The maximum atomic E-state index is 12.4. The molecule has 3 rings (SSSR count). The highest BCUT2D eigenvalue weighted by molar-refractivity contribution is 5.97. The predicted molar refractivity (Wildman–Crippen MR) is 82.7 cm³/mol. The summed E-state index contributed by atoms with van der Waals surface area (Å²) in [7, 11) is 0. The summed E-state index contributed by atoms with van der Waals surface area (Å²) >= 11 is 0. The average Bonchev–Trinajstić information content (AvgIpc) is 2.97. The molecule has 1 atom stereocenters. The minimum absolute atomic E-state index is 0.237. The van der Waals surface area contributed by atoms with E-state index in [0.717, 1.165) is 50.5 Å². The number of carbonyl (C=O) groups excluding carboxylic acids is 1. The zero-order valence-electron chi connectivity index (χ0n) is 12.8. The van der Waals surface area contributed by atoms with Crippen LogP contribution in [0.2, 0.25) is 0 Å². The summed E-state index contributed by atoms with van der Waals surface area (Å²) in [6, 6.07) is 8.49. The Kier molecular flexibility index (Phi) is 4.68. The third kappa shape index (κ3) is 3.70. The summed E-state index contributed by atoms with van der Waals surface area (Å²) in [5.41, 5.74) is 1.98. The predicted octanol–water partition coefficient (Wildman–Crippen LogP) is 1.58. The Bertz CT molecular complexity index is 497. The summed E-state index contributed by atoms with van der Waals surface area (Å²) in [6.45, 7) is 8.37. The molecule has 2 heterocycles. The quantitative estimate of drug-likeness (QED) is 0.788. The Labute approximate surface area is 126 Å². The van der Waals surface area contributed by atoms with Gasteiger partial charge in [-0.25, -0.2) is 0 Å². The number of Topliss-reactive ketones (excluding diaryl/α,β-unsaturated/α-hetero) is 1. The van der Waals surface area contributed by atoms with E-state index >= 15 is 0 Å². The highest BCUT2D eigenvalue weighted by Gasteiger charge is 2.29. The van der Waals surface area contributed by atoms with Crippen molar-refractivity contribution in [3.8, 4) is 0 Å². The monoisotopic (exact) mass is 288 g/mol. The number of benzene rings is 1. The van der Waals surface area contributed by atoms with E-state index in [0.29, 0.717) is 12.6 Å². The van der Waals surface area contributed by atoms with Crippen molar-refractivity contribution in [2.45, 2.75) is 19.4 Å². The van der Waals surface area contributed by atoms with Crippen LogP contribution >= 0.6 is 0 Å². The molecule has 0 aliphatic carbocycles. The average molecular weight is 288 g/mol. The minimum Gasteiger partial charge on any atom is -0.379 e. The molecule has 0 saturated carbocycles. The van der Waals surface area contributed by atoms with Crippen molar-refractivity contribution < 1.29 is 9.53 Å². The Hall–Kier alpha value is -1.23. The van der Waals surface area contributed by atoms with Crippen molar-refractivity contribution in [3.05, 3.63) is 35.4 Å². The van der Waals surface area contributed by atoms with E-state index in [2.05, 4.69) is 9.80 Å². The number of carbonyl (C=O) groups is 1. The fourth-order valence-electron chi connectivity index (χ4n) is 3.31. The maximum absolute atomic E-state index is 12.4. The number of nitrogens with zero attached hydrogens (tertiary/aromatic N) is 2. The molecule has 2 aliphatic heterocycles. The first kappa shape index (κ1) is 14.7. The van der Waals surface area contributed by atoms with E-state index in [4.69, 9.17) is 4.74 Å². The molecule has 0 spiro atoms. The van der Waals surface area contributed by atoms with Crippen LogP contribution in [0.3, 0.4) is 0 Å². The summed E-state index contributed by atoms with van der Waals surface area (Å²) in [6.07, 6.45) is 1.17. The highest BCUT2D eigenvalue weighted by Crippen LogP contribution is 2.17. The fraction of sp³-hybridized carbons (Fsp3) is 0.588. The molecule has 0 N–H and O–H groups in total. The first-order valence-electron chi connectivity index (χ1n) is 7.86. The Morgan fingerprint density at radius 2 is 2.10 bits per heavy atom. The van der Waals surface area contributed by atoms with Gasteiger partial charge in [0.2, 0.25) is 0 Å². The topological polar surface area (TPSA) is 32.8 Å². The number of aryl methyl sites for hydroxylation is 1. The van der Waals surface area contributed by atoms with Crippen LogP contribution in [-0.2, 0) is 4.74 Å². The number of ketones is 1. The largest absolute Gasteiger partial charge is 0.379 e. The lowest BCUT2D eigenvalue weighted by atomic mass is 10.1. The first-order chi connectivity index (χ1) is 10.2. The van der Waals surface area contributed by atoms with Gasteiger partial charge in [-0.1, -0.05) is 23.8 Å². The molecule has 1 unspecified atom stereocenters. The minimum atomic E-state index is 0.237. The van der Waals surface area contributed by atoms with Crippen LogP contribution in [-0.4, -0.2) is 67.6 Å². The molecule has 21 heavy (non-hydrogen) atoms. The molecule has 0 aromatic heterocycles. The summed E-state index contributed by atoms with van der Waals surface area (Å²) < 4.78 is 5.41. The van der Waals surface area contributed by atoms with Gasteiger partial charge in [-0.2, -0.15) is 0 Å². The van der Waals surface area contributed by atoms with Crippen LogP contribution in [0.4, 0.5) is 0 Å². The zero-order chi connectivity index (χ0) is 14.7. The van der Waals surface area contributed by atoms with Gasteiger partial charge < -0.3 is 4.74 Å². The van der Waals surface area contributed by atoms with Crippen molar-refractivity contribution in [3.63, 3.8) is 0 Å². The molecule has 0 amide bonds. The third-order valence-electron chi connectivity index (χ3n) is 4.52. The molecule has 2 aliphatic rings. The lowest BCUT2D eigenvalue weighted by Crippen LogP contribution is -2.45. The van der Waals surface area contributed by atoms with Gasteiger partial charge in [-0.15, -0.1) is 0 Å². The standard InChI is InChI=1S/C17H24N2O2/c1-14-3-2-4-15(11-14)17(20)13-18-6-5-16(12-18)19-7-9-21-10-8-19/h2-4,11,16H,5-10,12-13H2,1H3. The SMILES string of the molecule is Cc1cccc(C(=O)CN2CCC(N3CCOCC3)C2)c1. The molecule has 0 radical (unpaired) electrons. The molecule has 4 nitrogen and oxygen atoms in total. The third-order valence-corrected chi connectivity index (χ3v) is 4.52. The highest BCUT2D eigenvalue weighted by atomic mass is 16.5. The van der Waals surface area contributed by atoms with Gasteiger partial charge in [0.15, 0.2) is 5.78 Å². The van der Waals surface area contributed by atoms with E-state index in [1.165, 1.54) is 6.42 Å². The van der Waals surface area contributed by atoms with E-state index in [9.17, 15) is 4.79 Å². The molecule has 0 bridgehead atoms. The van der Waals surface area contributed by atoms with Crippen molar-refractivity contribution in [1.29, 1.82) is 0 Å². The van der Waals surface area contributed by atoms with Crippen molar-refractivity contribution in [1.82, 2.24) is 9.80 Å². The molecular weight excluding hydrogens is 264 g/mol. The number of hydrogen-bond donors (Lipinski definition) is 0. The molecule has 4 heteroatoms. The van der Waals surface area contributed by atoms with Gasteiger partial charge in [0, 0.05) is 37.8 Å². The van der Waals surface area contributed by atoms with E-state index in [-0.39, 0.29) is 5.78 Å². The van der Waals surface area contributed by atoms with Crippen LogP contribution in [0.5, 0.6) is 0 Å². The number of rotatable bonds is 4. The number of morpholine rings is 1. The molecular formula is C17H24N2O2. The second-order valence-corrected chi connectivity index (χ2v) is 6.12. The molecule has 2 saturated heterocycles. The lowest BCUT2D eigenvalue weighted by Gasteiger charge is -2.32. The normalized spacial score (nSPS) is 24.3. The van der Waals surface area contributed by atoms with Crippen LogP contribution in [0.15, 0.2) is 24.3 Å². The van der Waals surface area contributed by atoms with E-state index < -0.39 is 0 Å². The fourth-order valence-corrected chi connectivity index (χ4v) is 3.31. The second-order valence-electron chi connectivity index (χ2n) is 6.12.